The number of carbonyl (C=O) groups is 1. The first kappa shape index (κ1) is 14.1. The van der Waals surface area contributed by atoms with Crippen molar-refractivity contribution in [2.75, 3.05) is 0 Å². The number of ketones is 1. The molecule has 3 rings (SSSR count). The Labute approximate surface area is 127 Å². The van der Waals surface area contributed by atoms with Crippen molar-refractivity contribution in [2.24, 2.45) is 5.92 Å². The molecule has 1 aliphatic rings. The van der Waals surface area contributed by atoms with E-state index in [2.05, 4.69) is 43.3 Å². The zero-order chi connectivity index (χ0) is 15.0. The van der Waals surface area contributed by atoms with Crippen molar-refractivity contribution in [3.8, 4) is 0 Å². The van der Waals surface area contributed by atoms with Gasteiger partial charge in [-0.3, -0.25) is 4.79 Å². The highest BCUT2D eigenvalue weighted by Gasteiger charge is 2.44. The predicted octanol–water partition coefficient (Wildman–Crippen LogP) is 4.85. The molecule has 1 saturated carbocycles. The molecule has 1 heteroatoms. The molecule has 2 unspecified atom stereocenters. The van der Waals surface area contributed by atoms with Gasteiger partial charge >= 0.3 is 0 Å². The van der Waals surface area contributed by atoms with Gasteiger partial charge < -0.3 is 0 Å². The van der Waals surface area contributed by atoms with E-state index in [1.807, 2.05) is 19.9 Å². The number of hydrogen-bond donors (Lipinski definition) is 0. The van der Waals surface area contributed by atoms with Gasteiger partial charge in [0, 0.05) is 11.5 Å². The maximum Gasteiger partial charge on any atom is 0.166 e. The van der Waals surface area contributed by atoms with Gasteiger partial charge in [-0.05, 0) is 55.4 Å². The Morgan fingerprint density at radius 1 is 1.10 bits per heavy atom. The normalized spacial score (nSPS) is 20.3. The van der Waals surface area contributed by atoms with Crippen LogP contribution in [0.3, 0.4) is 0 Å². The van der Waals surface area contributed by atoms with E-state index < -0.39 is 0 Å². The number of benzene rings is 2. The minimum absolute atomic E-state index is 0.179. The molecule has 2 atom stereocenters. The van der Waals surface area contributed by atoms with Crippen LogP contribution in [0.25, 0.3) is 0 Å². The Bertz CT molecular complexity index is 667. The Hall–Kier alpha value is -1.89. The molecule has 0 bridgehead atoms. The van der Waals surface area contributed by atoms with Crippen molar-refractivity contribution in [3.63, 3.8) is 0 Å². The fourth-order valence-electron chi connectivity index (χ4n) is 3.05. The Morgan fingerprint density at radius 3 is 2.48 bits per heavy atom. The summed E-state index contributed by atoms with van der Waals surface area (Å²) in [6, 6.07) is 14.9. The van der Waals surface area contributed by atoms with Crippen LogP contribution in [-0.4, -0.2) is 5.78 Å². The van der Waals surface area contributed by atoms with Crippen LogP contribution in [0.5, 0.6) is 0 Å². The average molecular weight is 278 g/mol. The second kappa shape index (κ2) is 5.48. The average Bonchev–Trinajstić information content (AvgIpc) is 3.29. The first-order valence-electron chi connectivity index (χ1n) is 7.80. The summed E-state index contributed by atoms with van der Waals surface area (Å²) in [7, 11) is 0. The second-order valence-electron chi connectivity index (χ2n) is 6.23. The molecular weight excluding hydrogens is 256 g/mol. The molecule has 2 aromatic rings. The van der Waals surface area contributed by atoms with E-state index >= 15 is 0 Å². The van der Waals surface area contributed by atoms with E-state index in [4.69, 9.17) is 0 Å². The number of aryl methyl sites for hydroxylation is 3. The van der Waals surface area contributed by atoms with Gasteiger partial charge in [0.25, 0.3) is 0 Å². The molecule has 0 heterocycles. The summed E-state index contributed by atoms with van der Waals surface area (Å²) in [6.45, 7) is 6.24. The van der Waals surface area contributed by atoms with Gasteiger partial charge in [-0.1, -0.05) is 48.9 Å². The van der Waals surface area contributed by atoms with Crippen LogP contribution in [0.1, 0.15) is 51.9 Å². The summed E-state index contributed by atoms with van der Waals surface area (Å²) in [5, 5.41) is 0. The molecule has 1 fully saturated rings. The van der Waals surface area contributed by atoms with Crippen molar-refractivity contribution >= 4 is 5.78 Å². The van der Waals surface area contributed by atoms with Gasteiger partial charge in [-0.2, -0.15) is 0 Å². The number of carbonyl (C=O) groups excluding carboxylic acids is 1. The predicted molar refractivity (Wildman–Crippen MR) is 86.9 cm³/mol. The van der Waals surface area contributed by atoms with Gasteiger partial charge in [0.1, 0.15) is 0 Å². The highest BCUT2D eigenvalue weighted by atomic mass is 16.1. The minimum atomic E-state index is 0.179. The number of Topliss-reactive ketones (excluding diaryl/α,β-unsaturated/α-hetero) is 1. The molecule has 0 spiro atoms. The molecule has 0 amide bonds. The van der Waals surface area contributed by atoms with E-state index in [0.717, 1.165) is 29.5 Å². The quantitative estimate of drug-likeness (QED) is 0.730. The molecule has 0 saturated heterocycles. The van der Waals surface area contributed by atoms with E-state index in [-0.39, 0.29) is 5.92 Å². The third-order valence-corrected chi connectivity index (χ3v) is 4.60. The smallest absolute Gasteiger partial charge is 0.166 e. The van der Waals surface area contributed by atoms with E-state index in [9.17, 15) is 4.79 Å². The molecule has 108 valence electrons. The maximum atomic E-state index is 12.7. The van der Waals surface area contributed by atoms with Gasteiger partial charge in [-0.15, -0.1) is 0 Å². The van der Waals surface area contributed by atoms with Crippen LogP contribution < -0.4 is 0 Å². The summed E-state index contributed by atoms with van der Waals surface area (Å²) in [6.07, 6.45) is 2.06. The summed E-state index contributed by atoms with van der Waals surface area (Å²) < 4.78 is 0. The monoisotopic (exact) mass is 278 g/mol. The Balaban J connectivity index is 1.77. The number of hydrogen-bond acceptors (Lipinski definition) is 1. The zero-order valence-corrected chi connectivity index (χ0v) is 13.0. The highest BCUT2D eigenvalue weighted by Crippen LogP contribution is 2.49. The molecule has 0 N–H and O–H groups in total. The van der Waals surface area contributed by atoms with Crippen molar-refractivity contribution in [1.82, 2.24) is 0 Å². The lowest BCUT2D eigenvalue weighted by Gasteiger charge is -2.06. The molecule has 2 aromatic carbocycles. The summed E-state index contributed by atoms with van der Waals surface area (Å²) in [5.74, 6) is 0.919. The van der Waals surface area contributed by atoms with Crippen LogP contribution in [0.2, 0.25) is 0 Å². The third kappa shape index (κ3) is 2.78. The van der Waals surface area contributed by atoms with E-state index in [1.54, 1.807) is 0 Å². The fraction of sp³-hybridized carbons (Fsp3) is 0.350. The van der Waals surface area contributed by atoms with Crippen molar-refractivity contribution in [3.05, 3.63) is 70.3 Å². The van der Waals surface area contributed by atoms with Crippen molar-refractivity contribution in [2.45, 2.75) is 39.5 Å². The van der Waals surface area contributed by atoms with Crippen LogP contribution in [-0.2, 0) is 6.42 Å². The fourth-order valence-corrected chi connectivity index (χ4v) is 3.05. The van der Waals surface area contributed by atoms with Crippen molar-refractivity contribution in [1.29, 1.82) is 0 Å². The molecular formula is C20H22O. The largest absolute Gasteiger partial charge is 0.294 e. The third-order valence-electron chi connectivity index (χ3n) is 4.60. The molecule has 1 nitrogen and oxygen atoms in total. The van der Waals surface area contributed by atoms with Crippen LogP contribution in [0.15, 0.2) is 42.5 Å². The summed E-state index contributed by atoms with van der Waals surface area (Å²) >= 11 is 0. The minimum Gasteiger partial charge on any atom is -0.294 e. The standard InChI is InChI=1S/C20H22O/c1-4-15-7-9-16(10-8-15)18-12-19(18)20(21)17-11-13(2)5-6-14(17)3/h5-11,18-19H,4,12H2,1-3H3. The molecule has 1 aliphatic carbocycles. The van der Waals surface area contributed by atoms with Crippen molar-refractivity contribution < 1.29 is 4.79 Å². The van der Waals surface area contributed by atoms with E-state index in [1.165, 1.54) is 11.1 Å². The van der Waals surface area contributed by atoms with Crippen LogP contribution >= 0.6 is 0 Å². The Kier molecular flexibility index (Phi) is 3.67. The molecule has 21 heavy (non-hydrogen) atoms. The topological polar surface area (TPSA) is 17.1 Å². The van der Waals surface area contributed by atoms with Gasteiger partial charge in [-0.25, -0.2) is 0 Å². The SMILES string of the molecule is CCc1ccc(C2CC2C(=O)c2cc(C)ccc2C)cc1. The first-order chi connectivity index (χ1) is 10.1. The highest BCUT2D eigenvalue weighted by molar-refractivity contribution is 6.01. The molecule has 0 aliphatic heterocycles. The zero-order valence-electron chi connectivity index (χ0n) is 13.0. The second-order valence-corrected chi connectivity index (χ2v) is 6.23. The van der Waals surface area contributed by atoms with Gasteiger partial charge in [0.15, 0.2) is 5.78 Å². The Morgan fingerprint density at radius 2 is 1.81 bits per heavy atom. The number of rotatable bonds is 4. The van der Waals surface area contributed by atoms with Gasteiger partial charge in [0.05, 0.1) is 0 Å². The van der Waals surface area contributed by atoms with E-state index in [0.29, 0.717) is 11.7 Å². The first-order valence-corrected chi connectivity index (χ1v) is 7.80. The molecule has 0 radical (unpaired) electrons. The van der Waals surface area contributed by atoms with Gasteiger partial charge in [0.2, 0.25) is 0 Å². The molecule has 0 aromatic heterocycles. The van der Waals surface area contributed by atoms with Crippen LogP contribution in [0, 0.1) is 19.8 Å². The summed E-state index contributed by atoms with van der Waals surface area (Å²) in [5.41, 5.74) is 5.84. The van der Waals surface area contributed by atoms with Crippen LogP contribution in [0.4, 0.5) is 0 Å². The summed E-state index contributed by atoms with van der Waals surface area (Å²) in [4.78, 5) is 12.7. The lowest BCUT2D eigenvalue weighted by molar-refractivity contribution is 0.0964. The maximum absolute atomic E-state index is 12.7. The lowest BCUT2D eigenvalue weighted by Crippen LogP contribution is -2.06. The lowest BCUT2D eigenvalue weighted by atomic mass is 9.97.